The zero-order valence-electron chi connectivity index (χ0n) is 20.2. The van der Waals surface area contributed by atoms with E-state index >= 15 is 0 Å². The van der Waals surface area contributed by atoms with Crippen molar-refractivity contribution < 1.29 is 17.9 Å². The Labute approximate surface area is 207 Å². The highest BCUT2D eigenvalue weighted by atomic mass is 32.2. The maximum Gasteiger partial charge on any atom is 0.268 e. The van der Waals surface area contributed by atoms with E-state index in [4.69, 9.17) is 4.74 Å². The van der Waals surface area contributed by atoms with Crippen LogP contribution in [-0.2, 0) is 23.4 Å². The topological polar surface area (TPSA) is 132 Å². The molecule has 0 saturated carbocycles. The molecule has 10 nitrogen and oxygen atoms in total. The normalized spacial score (nSPS) is 11.8. The average molecular weight is 505 g/mol. The molecule has 184 valence electrons. The van der Waals surface area contributed by atoms with Gasteiger partial charge in [-0.2, -0.15) is 5.10 Å². The van der Waals surface area contributed by atoms with Crippen LogP contribution in [0.1, 0.15) is 27.6 Å². The van der Waals surface area contributed by atoms with Crippen molar-refractivity contribution in [1.29, 1.82) is 0 Å². The smallest absolute Gasteiger partial charge is 0.268 e. The number of methoxy groups -OCH3 is 1. The summed E-state index contributed by atoms with van der Waals surface area (Å²) in [7, 11) is -0.818. The fourth-order valence-corrected chi connectivity index (χ4v) is 5.82. The molecule has 3 heterocycles. The van der Waals surface area contributed by atoms with Crippen molar-refractivity contribution >= 4 is 37.6 Å². The predicted molar refractivity (Wildman–Crippen MR) is 134 cm³/mol. The molecule has 1 amide bonds. The highest BCUT2D eigenvalue weighted by molar-refractivity contribution is 7.91. The maximum absolute atomic E-state index is 13.6. The molecule has 0 spiro atoms. The third-order valence-electron chi connectivity index (χ3n) is 6.30. The number of sulfone groups is 1. The van der Waals surface area contributed by atoms with Crippen LogP contribution in [0.15, 0.2) is 58.6 Å². The SMILES string of the molecule is COc1cc(S(=O)(=O)c2cc(C(=O)NCc3cccc4nc(C)ncc34)n(C)c2C)cc2cn[nH]c12. The summed E-state index contributed by atoms with van der Waals surface area (Å²) in [6.07, 6.45) is 3.27. The Kier molecular flexibility index (Phi) is 5.71. The van der Waals surface area contributed by atoms with Crippen molar-refractivity contribution in [2.75, 3.05) is 7.11 Å². The van der Waals surface area contributed by atoms with Gasteiger partial charge in [-0.1, -0.05) is 12.1 Å². The van der Waals surface area contributed by atoms with E-state index in [1.165, 1.54) is 31.5 Å². The van der Waals surface area contributed by atoms with E-state index in [1.807, 2.05) is 25.1 Å². The molecule has 36 heavy (non-hydrogen) atoms. The van der Waals surface area contributed by atoms with Gasteiger partial charge >= 0.3 is 0 Å². The second kappa shape index (κ2) is 8.76. The third kappa shape index (κ3) is 3.87. The van der Waals surface area contributed by atoms with Crippen LogP contribution in [0.4, 0.5) is 0 Å². The van der Waals surface area contributed by atoms with E-state index in [9.17, 15) is 13.2 Å². The van der Waals surface area contributed by atoms with E-state index in [0.29, 0.717) is 28.2 Å². The Morgan fingerprint density at radius 1 is 1.17 bits per heavy atom. The molecule has 0 aliphatic carbocycles. The van der Waals surface area contributed by atoms with Gasteiger partial charge in [-0.3, -0.25) is 9.89 Å². The average Bonchev–Trinajstić information content (AvgIpc) is 3.46. The van der Waals surface area contributed by atoms with Gasteiger partial charge in [0.05, 0.1) is 28.6 Å². The first-order valence-corrected chi connectivity index (χ1v) is 12.6. The molecular formula is C25H24N6O4S. The number of hydrogen-bond donors (Lipinski definition) is 2. The summed E-state index contributed by atoms with van der Waals surface area (Å²) in [6, 6.07) is 10.1. The Hall–Kier alpha value is -4.25. The zero-order chi connectivity index (χ0) is 25.6. The Balaban J connectivity index is 1.46. The largest absolute Gasteiger partial charge is 0.494 e. The lowest BCUT2D eigenvalue weighted by atomic mass is 10.1. The van der Waals surface area contributed by atoms with Gasteiger partial charge in [0.2, 0.25) is 9.84 Å². The van der Waals surface area contributed by atoms with Crippen molar-refractivity contribution in [1.82, 2.24) is 30.0 Å². The van der Waals surface area contributed by atoms with Gasteiger partial charge in [-0.15, -0.1) is 0 Å². The van der Waals surface area contributed by atoms with Gasteiger partial charge in [0, 0.05) is 42.3 Å². The summed E-state index contributed by atoms with van der Waals surface area (Å²) in [5, 5.41) is 11.1. The van der Waals surface area contributed by atoms with Gasteiger partial charge in [0.15, 0.2) is 0 Å². The first-order valence-electron chi connectivity index (χ1n) is 11.1. The van der Waals surface area contributed by atoms with Crippen LogP contribution < -0.4 is 10.1 Å². The van der Waals surface area contributed by atoms with Gasteiger partial charge in [-0.05, 0) is 37.6 Å². The second-order valence-corrected chi connectivity index (χ2v) is 10.4. The quantitative estimate of drug-likeness (QED) is 0.363. The summed E-state index contributed by atoms with van der Waals surface area (Å²) >= 11 is 0. The highest BCUT2D eigenvalue weighted by Crippen LogP contribution is 2.33. The summed E-state index contributed by atoms with van der Waals surface area (Å²) in [5.74, 6) is 0.639. The summed E-state index contributed by atoms with van der Waals surface area (Å²) < 4.78 is 34.1. The molecule has 5 rings (SSSR count). The van der Waals surface area contributed by atoms with Crippen molar-refractivity contribution in [2.45, 2.75) is 30.2 Å². The fourth-order valence-electron chi connectivity index (χ4n) is 4.23. The van der Waals surface area contributed by atoms with Gasteiger partial charge < -0.3 is 14.6 Å². The molecule has 0 bridgehead atoms. The highest BCUT2D eigenvalue weighted by Gasteiger charge is 2.27. The van der Waals surface area contributed by atoms with Crippen LogP contribution in [-0.4, -0.2) is 46.2 Å². The third-order valence-corrected chi connectivity index (χ3v) is 8.15. The number of rotatable bonds is 6. The van der Waals surface area contributed by atoms with Gasteiger partial charge in [0.25, 0.3) is 5.91 Å². The lowest BCUT2D eigenvalue weighted by Gasteiger charge is -2.09. The molecule has 2 N–H and O–H groups in total. The molecule has 0 radical (unpaired) electrons. The molecule has 2 aromatic carbocycles. The number of ether oxygens (including phenoxy) is 1. The second-order valence-electron chi connectivity index (χ2n) is 8.45. The number of H-pyrrole nitrogens is 1. The van der Waals surface area contributed by atoms with Crippen molar-refractivity contribution in [3.63, 3.8) is 0 Å². The number of hydrogen-bond acceptors (Lipinski definition) is 7. The summed E-state index contributed by atoms with van der Waals surface area (Å²) in [4.78, 5) is 21.9. The van der Waals surface area contributed by atoms with E-state index in [1.54, 1.807) is 24.7 Å². The molecule has 0 unspecified atom stereocenters. The van der Waals surface area contributed by atoms with Crippen molar-refractivity contribution in [3.8, 4) is 5.75 Å². The number of benzene rings is 2. The van der Waals surface area contributed by atoms with E-state index < -0.39 is 15.7 Å². The number of carbonyl (C=O) groups excluding carboxylic acids is 1. The number of nitrogens with zero attached hydrogens (tertiary/aromatic N) is 4. The Morgan fingerprint density at radius 2 is 1.97 bits per heavy atom. The Morgan fingerprint density at radius 3 is 2.75 bits per heavy atom. The minimum Gasteiger partial charge on any atom is -0.494 e. The number of carbonyl (C=O) groups is 1. The zero-order valence-corrected chi connectivity index (χ0v) is 21.0. The van der Waals surface area contributed by atoms with Crippen LogP contribution in [0.25, 0.3) is 21.8 Å². The molecule has 0 saturated heterocycles. The van der Waals surface area contributed by atoms with Crippen molar-refractivity contribution in [3.05, 3.63) is 71.6 Å². The fraction of sp³-hybridized carbons (Fsp3) is 0.200. The van der Waals surface area contributed by atoms with Crippen LogP contribution in [0.3, 0.4) is 0 Å². The van der Waals surface area contributed by atoms with Crippen LogP contribution in [0, 0.1) is 13.8 Å². The molecule has 0 aliphatic rings. The lowest BCUT2D eigenvalue weighted by molar-refractivity contribution is 0.0942. The van der Waals surface area contributed by atoms with Crippen LogP contribution in [0.2, 0.25) is 0 Å². The monoisotopic (exact) mass is 504 g/mol. The van der Waals surface area contributed by atoms with E-state index in [2.05, 4.69) is 25.5 Å². The Bertz CT molecular complexity index is 1750. The molecule has 0 fully saturated rings. The summed E-state index contributed by atoms with van der Waals surface area (Å²) in [5.41, 5.74) is 2.94. The molecule has 3 aromatic heterocycles. The van der Waals surface area contributed by atoms with Crippen LogP contribution in [0.5, 0.6) is 5.75 Å². The van der Waals surface area contributed by atoms with Crippen LogP contribution >= 0.6 is 0 Å². The lowest BCUT2D eigenvalue weighted by Crippen LogP contribution is -2.25. The van der Waals surface area contributed by atoms with Gasteiger partial charge in [-0.25, -0.2) is 18.4 Å². The molecular weight excluding hydrogens is 480 g/mol. The number of aryl methyl sites for hydroxylation is 1. The first-order chi connectivity index (χ1) is 17.2. The predicted octanol–water partition coefficient (Wildman–Crippen LogP) is 3.23. The minimum atomic E-state index is -3.95. The number of aromatic amines is 1. The van der Waals surface area contributed by atoms with Gasteiger partial charge in [0.1, 0.15) is 22.8 Å². The number of amides is 1. The number of nitrogens with one attached hydrogen (secondary N) is 2. The van der Waals surface area contributed by atoms with E-state index in [-0.39, 0.29) is 22.0 Å². The standard InChI is InChI=1S/C25H24N6O4S/c1-14-23(36(33,34)18-8-17-12-28-30-24(17)22(9-18)35-4)10-21(31(14)3)25(32)27-11-16-6-5-7-20-19(16)13-26-15(2)29-20/h5-10,12-13H,11H2,1-4H3,(H,27,32)(H,28,30). The molecule has 11 heteroatoms. The molecule has 5 aromatic rings. The van der Waals surface area contributed by atoms with Crippen molar-refractivity contribution in [2.24, 2.45) is 7.05 Å². The number of aromatic nitrogens is 5. The number of fused-ring (bicyclic) bond motifs is 2. The molecule has 0 aliphatic heterocycles. The maximum atomic E-state index is 13.6. The summed E-state index contributed by atoms with van der Waals surface area (Å²) in [6.45, 7) is 3.73. The van der Waals surface area contributed by atoms with E-state index in [0.717, 1.165) is 16.5 Å². The molecule has 0 atom stereocenters. The first kappa shape index (κ1) is 23.5. The minimum absolute atomic E-state index is 0.0501.